The molecule has 0 radical (unpaired) electrons. The Kier molecular flexibility index (Phi) is 15.1. The number of nitrogens with one attached hydrogen (secondary N) is 2. The van der Waals surface area contributed by atoms with Crippen molar-refractivity contribution in [2.75, 3.05) is 46.9 Å². The molecule has 17 nitrogen and oxygen atoms in total. The molecule has 3 aliphatic heterocycles. The minimum absolute atomic E-state index is 0.0223. The van der Waals surface area contributed by atoms with Gasteiger partial charge in [0.2, 0.25) is 17.5 Å². The van der Waals surface area contributed by atoms with Crippen molar-refractivity contribution in [3.05, 3.63) is 70.9 Å². The molecule has 2 saturated heterocycles. The van der Waals surface area contributed by atoms with Crippen LogP contribution in [-0.2, 0) is 48.0 Å². The monoisotopic (exact) mass is 967 g/mol. The predicted octanol–water partition coefficient (Wildman–Crippen LogP) is 5.72. The number of urea groups is 1. The van der Waals surface area contributed by atoms with Crippen molar-refractivity contribution in [3.63, 3.8) is 0 Å². The van der Waals surface area contributed by atoms with E-state index in [1.807, 2.05) is 59.1 Å². The van der Waals surface area contributed by atoms with E-state index in [1.54, 1.807) is 30.2 Å². The fraction of sp³-hybridized carbons (Fsp3) is 0.549. The average Bonchev–Trinajstić information content (AvgIpc) is 3.80. The SMILES string of the molecule is C=CC(=O)N1CCN(C(=O)N(C)[C@H](C(=O)N[C@H]2Cc3nc(cs3)-c3ccc4c(c3)c(c(/C(C=C)=C(/N=C\C)[C@H](C)OC)n4CC)CC(C)(C)COC(=O)[C@@]3(O)CCCN(N3)C2=O)C(C)C)C2(CC2)C1. The highest BCUT2D eigenvalue weighted by Gasteiger charge is 2.55. The van der Waals surface area contributed by atoms with Crippen molar-refractivity contribution in [3.8, 4) is 11.3 Å². The normalized spacial score (nSPS) is 22.8. The average molecular weight is 968 g/mol. The molecule has 4 atom stereocenters. The molecule has 5 amide bonds. The van der Waals surface area contributed by atoms with Crippen LogP contribution in [0.1, 0.15) is 90.4 Å². The summed E-state index contributed by atoms with van der Waals surface area (Å²) in [6.45, 7) is 23.2. The van der Waals surface area contributed by atoms with Crippen molar-refractivity contribution >= 4 is 63.7 Å². The second-order valence-corrected chi connectivity index (χ2v) is 20.8. The number of aliphatic imine (C=N–C) groups is 1. The van der Waals surface area contributed by atoms with E-state index in [1.165, 1.54) is 27.3 Å². The molecule has 1 aliphatic carbocycles. The standard InChI is InChI=1S/C51H69N9O8S/c1-12-34(42(52-14-3)32(7)67-11)44-36-27-49(8,9)30-68-47(64)51(66)19-16-22-60(55-51)46(63)37(26-40-53-38(28-69-40)33-17-18-39(35(36)25-33)58(44)15-4)54-45(62)43(31(5)6)56(10)48(65)59-24-23-57(41(61)13-2)29-50(59)20-21-50/h12-14,17-18,25,28,31-32,37,43,55,66H,1-2,15-16,19-24,26-27,29-30H2,3-11H3,(H,54,62)/b42-34+,52-14-/t32-,37-,43-,51-/m0/s1. The summed E-state index contributed by atoms with van der Waals surface area (Å²) in [6, 6.07) is 3.67. The number of aryl methyl sites for hydroxylation is 1. The van der Waals surface area contributed by atoms with Crippen molar-refractivity contribution in [1.82, 2.24) is 40.0 Å². The van der Waals surface area contributed by atoms with Gasteiger partial charge >= 0.3 is 12.0 Å². The molecule has 3 fully saturated rings. The van der Waals surface area contributed by atoms with Crippen LogP contribution in [0.15, 0.2) is 59.6 Å². The quantitative estimate of drug-likeness (QED) is 0.0929. The number of allylic oxidation sites excluding steroid dienone is 2. The van der Waals surface area contributed by atoms with Crippen molar-refractivity contribution in [1.29, 1.82) is 0 Å². The molecule has 18 heteroatoms. The highest BCUT2D eigenvalue weighted by molar-refractivity contribution is 7.10. The lowest BCUT2D eigenvalue weighted by Crippen LogP contribution is -2.67. The minimum Gasteiger partial charge on any atom is -0.462 e. The Bertz CT molecular complexity index is 2570. The maximum Gasteiger partial charge on any atom is 0.355 e. The van der Waals surface area contributed by atoms with Gasteiger partial charge in [-0.05, 0) is 76.1 Å². The zero-order valence-corrected chi connectivity index (χ0v) is 42.4. The van der Waals surface area contributed by atoms with Gasteiger partial charge in [-0.2, -0.15) is 5.43 Å². The van der Waals surface area contributed by atoms with Crippen LogP contribution in [0.3, 0.4) is 0 Å². The fourth-order valence-corrected chi connectivity index (χ4v) is 11.0. The first-order valence-electron chi connectivity index (χ1n) is 24.0. The van der Waals surface area contributed by atoms with Crippen molar-refractivity contribution in [2.45, 2.75) is 123 Å². The number of esters is 1. The van der Waals surface area contributed by atoms with E-state index in [4.69, 9.17) is 19.5 Å². The molecule has 1 spiro atoms. The number of rotatable bonds is 11. The number of aromatic nitrogens is 2. The topological polar surface area (TPSA) is 191 Å². The number of cyclic esters (lactones) is 1. The number of nitrogens with zero attached hydrogens (tertiary/aromatic N) is 7. The smallest absolute Gasteiger partial charge is 0.355 e. The summed E-state index contributed by atoms with van der Waals surface area (Å²) in [5.74, 6) is -2.62. The van der Waals surface area contributed by atoms with Crippen LogP contribution in [-0.4, -0.2) is 147 Å². The number of benzene rings is 1. The Balaban J connectivity index is 1.28. The number of carbonyl (C=O) groups is 5. The summed E-state index contributed by atoms with van der Waals surface area (Å²) >= 11 is 1.35. The number of amides is 5. The molecule has 5 heterocycles. The van der Waals surface area contributed by atoms with Crippen molar-refractivity contribution < 1.29 is 38.6 Å². The first kappa shape index (κ1) is 51.2. The van der Waals surface area contributed by atoms with Gasteiger partial charge in [0.05, 0.1) is 40.3 Å². The lowest BCUT2D eigenvalue weighted by Gasteiger charge is -2.44. The maximum absolute atomic E-state index is 14.7. The molecule has 6 bridgehead atoms. The van der Waals surface area contributed by atoms with Crippen LogP contribution in [0.2, 0.25) is 0 Å². The van der Waals surface area contributed by atoms with Gasteiger partial charge in [-0.25, -0.2) is 14.6 Å². The molecule has 1 saturated carbocycles. The van der Waals surface area contributed by atoms with Crippen LogP contribution >= 0.6 is 11.3 Å². The van der Waals surface area contributed by atoms with Crippen LogP contribution in [0.4, 0.5) is 4.79 Å². The summed E-state index contributed by atoms with van der Waals surface area (Å²) in [4.78, 5) is 85.0. The Morgan fingerprint density at radius 1 is 1.13 bits per heavy atom. The Hall–Kier alpha value is -5.69. The number of methoxy groups -OCH3 is 1. The van der Waals surface area contributed by atoms with Gasteiger partial charge in [-0.3, -0.25) is 24.4 Å². The summed E-state index contributed by atoms with van der Waals surface area (Å²) < 4.78 is 14.0. The number of fused-ring (bicyclic) bond motifs is 6. The predicted molar refractivity (Wildman–Crippen MR) is 267 cm³/mol. The number of ether oxygens (including phenoxy) is 2. The zero-order valence-electron chi connectivity index (χ0n) is 41.6. The molecule has 1 aromatic carbocycles. The Labute approximate surface area is 409 Å². The fourth-order valence-electron chi connectivity index (χ4n) is 10.2. The summed E-state index contributed by atoms with van der Waals surface area (Å²) in [5.41, 5.74) is 5.28. The lowest BCUT2D eigenvalue weighted by atomic mass is 9.84. The van der Waals surface area contributed by atoms with E-state index in [0.717, 1.165) is 46.1 Å². The third-order valence-electron chi connectivity index (χ3n) is 14.0. The molecule has 3 aromatic rings. The number of hydrogen-bond acceptors (Lipinski definition) is 12. The van der Waals surface area contributed by atoms with E-state index in [0.29, 0.717) is 49.0 Å². The summed E-state index contributed by atoms with van der Waals surface area (Å²) in [6.07, 6.45) is 6.61. The molecule has 2 aromatic heterocycles. The Morgan fingerprint density at radius 3 is 2.51 bits per heavy atom. The van der Waals surface area contributed by atoms with Gasteiger partial charge in [0.15, 0.2) is 0 Å². The van der Waals surface area contributed by atoms with Crippen LogP contribution in [0.25, 0.3) is 27.7 Å². The first-order valence-corrected chi connectivity index (χ1v) is 24.9. The summed E-state index contributed by atoms with van der Waals surface area (Å²) in [5, 5.41) is 19.5. The van der Waals surface area contributed by atoms with Gasteiger partial charge < -0.3 is 39.2 Å². The molecule has 7 rings (SSSR count). The maximum atomic E-state index is 14.7. The number of hydrogen-bond donors (Lipinski definition) is 3. The third kappa shape index (κ3) is 10.2. The largest absolute Gasteiger partial charge is 0.462 e. The van der Waals surface area contributed by atoms with Crippen LogP contribution < -0.4 is 10.7 Å². The second-order valence-electron chi connectivity index (χ2n) is 19.9. The van der Waals surface area contributed by atoms with Crippen LogP contribution in [0, 0.1) is 11.3 Å². The van der Waals surface area contributed by atoms with Gasteiger partial charge in [0.1, 0.15) is 12.1 Å². The Morgan fingerprint density at radius 2 is 1.87 bits per heavy atom. The molecule has 69 heavy (non-hydrogen) atoms. The van der Waals surface area contributed by atoms with Gasteiger partial charge in [0.25, 0.3) is 5.91 Å². The number of hydrazine groups is 1. The third-order valence-corrected chi connectivity index (χ3v) is 14.8. The number of aliphatic hydroxyl groups is 1. The minimum atomic E-state index is -2.25. The molecular weight excluding hydrogens is 899 g/mol. The number of thiazole rings is 1. The summed E-state index contributed by atoms with van der Waals surface area (Å²) in [7, 11) is 3.24. The molecule has 4 aliphatic rings. The highest BCUT2D eigenvalue weighted by Crippen LogP contribution is 2.45. The molecular formula is C51H69N9O8S. The van der Waals surface area contributed by atoms with Gasteiger partial charge in [0, 0.05) is 98.8 Å². The molecule has 3 N–H and O–H groups in total. The van der Waals surface area contributed by atoms with E-state index in [9.17, 15) is 29.1 Å². The second kappa shape index (κ2) is 20.3. The highest BCUT2D eigenvalue weighted by atomic mass is 32.1. The van der Waals surface area contributed by atoms with E-state index in [-0.39, 0.29) is 56.4 Å². The first-order chi connectivity index (χ1) is 32.7. The number of carbonyl (C=O) groups excluding carboxylic acids is 5. The van der Waals surface area contributed by atoms with Crippen molar-refractivity contribution in [2.24, 2.45) is 16.3 Å². The molecule has 0 unspecified atom stereocenters. The van der Waals surface area contributed by atoms with E-state index in [2.05, 4.69) is 47.5 Å². The number of likely N-dealkylation sites (N-methyl/N-ethyl adjacent to an activating group) is 1. The zero-order chi connectivity index (χ0) is 50.2. The number of piperazine rings is 1. The van der Waals surface area contributed by atoms with Gasteiger partial charge in [-0.1, -0.05) is 53.0 Å². The van der Waals surface area contributed by atoms with Gasteiger partial charge in [-0.15, -0.1) is 11.3 Å². The lowest BCUT2D eigenvalue weighted by molar-refractivity contribution is -0.189. The van der Waals surface area contributed by atoms with Crippen LogP contribution in [0.5, 0.6) is 0 Å². The molecule has 372 valence electrons. The van der Waals surface area contributed by atoms with E-state index >= 15 is 0 Å². The van der Waals surface area contributed by atoms with E-state index < -0.39 is 46.5 Å².